The van der Waals surface area contributed by atoms with Crippen molar-refractivity contribution in [1.82, 2.24) is 0 Å². The lowest BCUT2D eigenvalue weighted by Gasteiger charge is -2.17. The fraction of sp³-hybridized carbons (Fsp3) is 0.269. The Morgan fingerprint density at radius 2 is 0.348 bits per heavy atom. The minimum atomic E-state index is -0.562. The Morgan fingerprint density at radius 1 is 0.189 bits per heavy atom. The summed E-state index contributed by atoms with van der Waals surface area (Å²) in [6, 6.07) is 80.7. The van der Waals surface area contributed by atoms with Gasteiger partial charge in [-0.2, -0.15) is 0 Å². The number of rotatable bonds is 6. The second-order valence-corrected chi connectivity index (χ2v) is 24.0. The van der Waals surface area contributed by atoms with Gasteiger partial charge in [0.05, 0.1) is 0 Å². The highest BCUT2D eigenvalue weighted by Gasteiger charge is 2.22. The van der Waals surface area contributed by atoms with Crippen molar-refractivity contribution in [2.75, 3.05) is 0 Å². The Bertz CT molecular complexity index is 4510. The van der Waals surface area contributed by atoms with Gasteiger partial charge >= 0.3 is 95.5 Å². The van der Waals surface area contributed by atoms with Gasteiger partial charge in [-0.3, -0.25) is 95.9 Å². The van der Waals surface area contributed by atoms with E-state index in [4.69, 9.17) is 0 Å². The Kier molecular flexibility index (Phi) is 78.7. The average molecular weight is 1820 g/mol. The fourth-order valence-electron chi connectivity index (χ4n) is 9.44. The first-order chi connectivity index (χ1) is 62.0. The van der Waals surface area contributed by atoms with Crippen molar-refractivity contribution in [3.63, 3.8) is 0 Å². The lowest BCUT2D eigenvalue weighted by molar-refractivity contribution is -0.158. The summed E-state index contributed by atoms with van der Waals surface area (Å²) >= 11 is 0. The first kappa shape index (κ1) is 130. The van der Waals surface area contributed by atoms with Crippen molar-refractivity contribution in [2.24, 2.45) is 0 Å². The Hall–Kier alpha value is -15.5. The zero-order valence-electron chi connectivity index (χ0n) is 79.4. The zero-order valence-corrected chi connectivity index (χ0v) is 79.4. The van der Waals surface area contributed by atoms with E-state index >= 15 is 0 Å². The van der Waals surface area contributed by atoms with E-state index in [1.54, 1.807) is 0 Å². The molecule has 10 aromatic carbocycles. The molecule has 132 heavy (non-hydrogen) atoms. The molecule has 0 atom stereocenters. The van der Waals surface area contributed by atoms with Gasteiger partial charge < -0.3 is 37.9 Å². The molecule has 710 valence electrons. The van der Waals surface area contributed by atoms with E-state index in [1.807, 2.05) is 324 Å². The minimum absolute atomic E-state index is 0. The number of fused-ring (bicyclic) bond motifs is 4. The van der Waals surface area contributed by atoms with Crippen LogP contribution in [0.2, 0.25) is 0 Å². The number of ether oxygens (including phenoxy) is 8. The van der Waals surface area contributed by atoms with Crippen molar-refractivity contribution < 1.29 is 134 Å². The van der Waals surface area contributed by atoms with Crippen molar-refractivity contribution >= 4 is 140 Å². The maximum atomic E-state index is 13.1. The van der Waals surface area contributed by atoms with E-state index < -0.39 is 95.5 Å². The molecule has 0 aromatic heterocycles. The fourth-order valence-corrected chi connectivity index (χ4v) is 9.44. The standard InChI is InChI=1S/C21H14O.C14H10O.2C13H10O.8C4H6O3.5C2H6.CH4/c22-21(19-13-5-9-15-7-1-3-11-17(15)19)20-14-6-10-16-8-2-4-12-18(16)20;15-14-12-7-3-1-5-10(12)9-11-6-2-4-8-13(11)14;2*14-13(11-7-3-1-4-8-11)12-9-5-2-6-10-12;8*1-3(5)7-4(2)6;5*1-2;/h1-14H;1-8H,9H2;2*1-10H;8*1-2H3;5*1-2H3;1H4. The van der Waals surface area contributed by atoms with Gasteiger partial charge in [0.2, 0.25) is 0 Å². The molecule has 28 nitrogen and oxygen atoms in total. The number of carbonyl (C=O) groups excluding carboxylic acids is 20. The molecule has 0 radical (unpaired) electrons. The molecule has 0 fully saturated rings. The predicted molar refractivity (Wildman–Crippen MR) is 506 cm³/mol. The first-order valence-electron chi connectivity index (χ1n) is 41.0. The van der Waals surface area contributed by atoms with Crippen LogP contribution in [0.3, 0.4) is 0 Å². The van der Waals surface area contributed by atoms with Crippen molar-refractivity contribution in [2.45, 2.75) is 194 Å². The van der Waals surface area contributed by atoms with Gasteiger partial charge in [-0.05, 0) is 39.1 Å². The molecule has 28 heteroatoms. The van der Waals surface area contributed by atoms with Gasteiger partial charge in [-0.25, -0.2) is 0 Å². The summed E-state index contributed by atoms with van der Waals surface area (Å²) in [6.45, 7) is 38.9. The SMILES string of the molecule is C.CC.CC.CC.CC.CC.CC(=O)OC(C)=O.CC(=O)OC(C)=O.CC(=O)OC(C)=O.CC(=O)OC(C)=O.CC(=O)OC(C)=O.CC(=O)OC(C)=O.CC(=O)OC(C)=O.CC(=O)OC(C)=O.O=C(c1cccc2ccccc12)c1cccc2ccccc12.O=C(c1ccccc1)c1ccccc1.O=C(c1ccccc1)c1ccccc1.O=C1c2ccccc2Cc2ccccc21. The van der Waals surface area contributed by atoms with Gasteiger partial charge in [0.15, 0.2) is 23.1 Å². The third kappa shape index (κ3) is 66.9. The molecule has 1 aliphatic rings. The number of carbonyl (C=O) groups is 20. The van der Waals surface area contributed by atoms with Crippen LogP contribution in [-0.2, 0) is 121 Å². The van der Waals surface area contributed by atoms with E-state index in [2.05, 4.69) is 37.9 Å². The molecular weight excluding hydrogens is 1700 g/mol. The van der Waals surface area contributed by atoms with Gasteiger partial charge in [0, 0.05) is 155 Å². The van der Waals surface area contributed by atoms with Crippen LogP contribution in [0.25, 0.3) is 21.5 Å². The summed E-state index contributed by atoms with van der Waals surface area (Å²) in [5.74, 6) is -8.61. The number of benzene rings is 10. The first-order valence-corrected chi connectivity index (χ1v) is 41.0. The smallest absolute Gasteiger partial charge is 0.310 e. The number of hydrogen-bond donors (Lipinski definition) is 0. The van der Waals surface area contributed by atoms with Crippen LogP contribution in [0.1, 0.15) is 262 Å². The third-order valence-electron chi connectivity index (χ3n) is 13.4. The largest absolute Gasteiger partial charge is 0.394 e. The molecule has 0 heterocycles. The molecule has 0 saturated heterocycles. The van der Waals surface area contributed by atoms with Gasteiger partial charge in [0.1, 0.15) is 0 Å². The molecule has 0 aliphatic heterocycles. The molecule has 10 aromatic rings. The van der Waals surface area contributed by atoms with E-state index in [0.717, 1.165) is 83.6 Å². The van der Waals surface area contributed by atoms with Crippen LogP contribution in [0, 0.1) is 0 Å². The quantitative estimate of drug-likeness (QED) is 0.0645. The number of hydrogen-bond acceptors (Lipinski definition) is 28. The van der Waals surface area contributed by atoms with Crippen LogP contribution in [0.4, 0.5) is 0 Å². The highest BCUT2D eigenvalue weighted by atomic mass is 16.6. The Morgan fingerprint density at radius 3 is 0.530 bits per heavy atom. The molecule has 0 amide bonds. The van der Waals surface area contributed by atoms with Crippen LogP contribution < -0.4 is 0 Å². The topological polar surface area (TPSA) is 415 Å². The van der Waals surface area contributed by atoms with Gasteiger partial charge in [-0.1, -0.05) is 331 Å². The van der Waals surface area contributed by atoms with Gasteiger partial charge in [0.25, 0.3) is 0 Å². The maximum Gasteiger partial charge on any atom is 0.310 e. The van der Waals surface area contributed by atoms with Crippen molar-refractivity contribution in [1.29, 1.82) is 0 Å². The summed E-state index contributed by atoms with van der Waals surface area (Å²) in [6.07, 6.45) is 0.873. The second kappa shape index (κ2) is 80.1. The summed E-state index contributed by atoms with van der Waals surface area (Å²) < 4.78 is 31.8. The average Bonchev–Trinajstić information content (AvgIpc) is 0.789. The molecule has 1 aliphatic carbocycles. The molecule has 0 N–H and O–H groups in total. The summed E-state index contributed by atoms with van der Waals surface area (Å²) in [5, 5.41) is 4.19. The van der Waals surface area contributed by atoms with Crippen molar-refractivity contribution in [3.8, 4) is 0 Å². The van der Waals surface area contributed by atoms with E-state index in [1.165, 1.54) is 111 Å². The number of esters is 16. The zero-order chi connectivity index (χ0) is 102. The monoisotopic (exact) mass is 1820 g/mol. The van der Waals surface area contributed by atoms with Crippen molar-refractivity contribution in [3.05, 3.63) is 310 Å². The highest BCUT2D eigenvalue weighted by molar-refractivity contribution is 6.21. The maximum absolute atomic E-state index is 13.1. The minimum Gasteiger partial charge on any atom is -0.394 e. The highest BCUT2D eigenvalue weighted by Crippen LogP contribution is 2.28. The summed E-state index contributed by atoms with van der Waals surface area (Å²) in [4.78, 5) is 206. The van der Waals surface area contributed by atoms with Crippen LogP contribution in [0.15, 0.2) is 255 Å². The molecule has 0 spiro atoms. The molecular formula is C104H126O28. The Balaban J connectivity index is -0.000000262. The lowest BCUT2D eigenvalue weighted by atomic mass is 9.85. The third-order valence-corrected chi connectivity index (χ3v) is 13.4. The van der Waals surface area contributed by atoms with Gasteiger partial charge in [-0.15, -0.1) is 0 Å². The number of ketones is 4. The van der Waals surface area contributed by atoms with E-state index in [0.29, 0.717) is 0 Å². The Labute approximate surface area is 774 Å². The normalized spacial score (nSPS) is 8.88. The van der Waals surface area contributed by atoms with Crippen LogP contribution in [0.5, 0.6) is 0 Å². The molecule has 11 rings (SSSR count). The lowest BCUT2D eigenvalue weighted by Crippen LogP contribution is -2.14. The molecule has 0 bridgehead atoms. The van der Waals surface area contributed by atoms with Crippen LogP contribution >= 0.6 is 0 Å². The molecule has 0 saturated carbocycles. The van der Waals surface area contributed by atoms with E-state index in [-0.39, 0.29) is 30.6 Å². The van der Waals surface area contributed by atoms with E-state index in [9.17, 15) is 95.9 Å². The predicted octanol–water partition coefficient (Wildman–Crippen LogP) is 20.4. The second-order valence-electron chi connectivity index (χ2n) is 24.0. The summed E-state index contributed by atoms with van der Waals surface area (Å²) in [7, 11) is 0. The molecule has 0 unspecified atom stereocenters. The van der Waals surface area contributed by atoms with Crippen LogP contribution in [-0.4, -0.2) is 119 Å². The summed E-state index contributed by atoms with van der Waals surface area (Å²) in [5.41, 5.74) is 8.45.